The summed E-state index contributed by atoms with van der Waals surface area (Å²) in [5.74, 6) is 1.24. The van der Waals surface area contributed by atoms with Crippen molar-refractivity contribution in [3.8, 4) is 0 Å². The maximum Gasteiger partial charge on any atom is 0.222 e. The molecule has 2 N–H and O–H groups in total. The minimum absolute atomic E-state index is 0. The number of guanidine groups is 1. The molecule has 0 aromatic heterocycles. The molecular weight excluding hydrogens is 403 g/mol. The zero-order valence-corrected chi connectivity index (χ0v) is 17.0. The molecule has 0 radical (unpaired) electrons. The SMILES string of the molecule is CCNC(=NCC1(CC)CCC1)NCCCN1CCCC1=O.I. The number of carbonyl (C=O) groups excluding carboxylic acids is 1. The number of hydrogen-bond acceptors (Lipinski definition) is 2. The van der Waals surface area contributed by atoms with E-state index in [1.54, 1.807) is 0 Å². The monoisotopic (exact) mass is 436 g/mol. The maximum atomic E-state index is 11.6. The lowest BCUT2D eigenvalue weighted by Crippen LogP contribution is -2.40. The highest BCUT2D eigenvalue weighted by Crippen LogP contribution is 2.43. The van der Waals surface area contributed by atoms with Crippen molar-refractivity contribution in [1.29, 1.82) is 0 Å². The molecular formula is C17H33IN4O. The fraction of sp³-hybridized carbons (Fsp3) is 0.882. The van der Waals surface area contributed by atoms with E-state index in [4.69, 9.17) is 4.99 Å². The van der Waals surface area contributed by atoms with Crippen molar-refractivity contribution in [3.05, 3.63) is 0 Å². The fourth-order valence-corrected chi connectivity index (χ4v) is 3.31. The maximum absolute atomic E-state index is 11.6. The number of likely N-dealkylation sites (tertiary alicyclic amines) is 1. The highest BCUT2D eigenvalue weighted by atomic mass is 127. The Morgan fingerprint density at radius 1 is 1.26 bits per heavy atom. The van der Waals surface area contributed by atoms with Crippen LogP contribution in [-0.2, 0) is 4.79 Å². The summed E-state index contributed by atoms with van der Waals surface area (Å²) < 4.78 is 0. The number of carbonyl (C=O) groups is 1. The van der Waals surface area contributed by atoms with Crippen LogP contribution in [-0.4, -0.2) is 49.5 Å². The van der Waals surface area contributed by atoms with Crippen molar-refractivity contribution in [3.63, 3.8) is 0 Å². The predicted molar refractivity (Wildman–Crippen MR) is 106 cm³/mol. The van der Waals surface area contributed by atoms with Crippen LogP contribution in [0, 0.1) is 5.41 Å². The quantitative estimate of drug-likeness (QED) is 0.266. The molecule has 1 aliphatic heterocycles. The summed E-state index contributed by atoms with van der Waals surface area (Å²) in [7, 11) is 0. The standard InChI is InChI=1S/C17H32N4O.HI/c1-3-17(9-6-10-17)14-20-16(18-4-2)19-11-7-13-21-12-5-8-15(21)22;/h3-14H2,1-2H3,(H2,18,19,20);1H. The molecule has 1 aliphatic carbocycles. The Labute approximate surface area is 158 Å². The van der Waals surface area contributed by atoms with Crippen molar-refractivity contribution in [2.45, 2.75) is 58.8 Å². The summed E-state index contributed by atoms with van der Waals surface area (Å²) in [5.41, 5.74) is 0.463. The summed E-state index contributed by atoms with van der Waals surface area (Å²) in [6.07, 6.45) is 7.97. The molecule has 1 saturated heterocycles. The Kier molecular flexibility index (Phi) is 9.24. The van der Waals surface area contributed by atoms with Crippen LogP contribution in [0.3, 0.4) is 0 Å². The van der Waals surface area contributed by atoms with Gasteiger partial charge >= 0.3 is 0 Å². The zero-order chi connectivity index (χ0) is 15.8. The summed E-state index contributed by atoms with van der Waals surface area (Å²) in [4.78, 5) is 18.3. The largest absolute Gasteiger partial charge is 0.357 e. The second kappa shape index (κ2) is 10.4. The van der Waals surface area contributed by atoms with Crippen LogP contribution in [0.4, 0.5) is 0 Å². The molecule has 5 nitrogen and oxygen atoms in total. The van der Waals surface area contributed by atoms with Gasteiger partial charge in [-0.1, -0.05) is 13.3 Å². The molecule has 2 aliphatic rings. The van der Waals surface area contributed by atoms with Crippen molar-refractivity contribution in [1.82, 2.24) is 15.5 Å². The molecule has 1 amide bonds. The Morgan fingerprint density at radius 2 is 2.04 bits per heavy atom. The Balaban J connectivity index is 0.00000264. The van der Waals surface area contributed by atoms with Gasteiger partial charge in [0.25, 0.3) is 0 Å². The van der Waals surface area contributed by atoms with Gasteiger partial charge in [0.1, 0.15) is 0 Å². The van der Waals surface area contributed by atoms with Crippen molar-refractivity contribution >= 4 is 35.8 Å². The number of amides is 1. The minimum atomic E-state index is 0. The molecule has 23 heavy (non-hydrogen) atoms. The Morgan fingerprint density at radius 3 is 2.57 bits per heavy atom. The van der Waals surface area contributed by atoms with Gasteiger partial charge in [-0.15, -0.1) is 24.0 Å². The third-order valence-corrected chi connectivity index (χ3v) is 5.15. The van der Waals surface area contributed by atoms with Crippen LogP contribution in [0.2, 0.25) is 0 Å². The first-order valence-corrected chi connectivity index (χ1v) is 8.99. The molecule has 0 aromatic rings. The van der Waals surface area contributed by atoms with E-state index in [1.807, 2.05) is 4.90 Å². The lowest BCUT2D eigenvalue weighted by molar-refractivity contribution is -0.127. The highest BCUT2D eigenvalue weighted by molar-refractivity contribution is 14.0. The lowest BCUT2D eigenvalue weighted by Gasteiger charge is -2.40. The van der Waals surface area contributed by atoms with E-state index in [1.165, 1.54) is 25.7 Å². The third-order valence-electron chi connectivity index (χ3n) is 5.15. The van der Waals surface area contributed by atoms with E-state index in [0.29, 0.717) is 11.3 Å². The average molecular weight is 436 g/mol. The normalized spacial score (nSPS) is 20.0. The van der Waals surface area contributed by atoms with Gasteiger partial charge in [-0.3, -0.25) is 9.79 Å². The predicted octanol–water partition coefficient (Wildman–Crippen LogP) is 2.75. The number of rotatable bonds is 8. The number of nitrogens with zero attached hydrogens (tertiary/aromatic N) is 2. The van der Waals surface area contributed by atoms with Gasteiger partial charge < -0.3 is 15.5 Å². The molecule has 0 spiro atoms. The van der Waals surface area contributed by atoms with Crippen LogP contribution in [0.15, 0.2) is 4.99 Å². The average Bonchev–Trinajstić information content (AvgIpc) is 2.88. The molecule has 0 atom stereocenters. The van der Waals surface area contributed by atoms with Crippen LogP contribution in [0.25, 0.3) is 0 Å². The minimum Gasteiger partial charge on any atom is -0.357 e. The van der Waals surface area contributed by atoms with Gasteiger partial charge in [0, 0.05) is 39.1 Å². The highest BCUT2D eigenvalue weighted by Gasteiger charge is 2.34. The molecule has 1 heterocycles. The molecule has 2 rings (SSSR count). The van der Waals surface area contributed by atoms with Gasteiger partial charge in [0.05, 0.1) is 0 Å². The van der Waals surface area contributed by atoms with E-state index in [-0.39, 0.29) is 24.0 Å². The van der Waals surface area contributed by atoms with Crippen molar-refractivity contribution in [2.24, 2.45) is 10.4 Å². The van der Waals surface area contributed by atoms with E-state index in [2.05, 4.69) is 24.5 Å². The molecule has 6 heteroatoms. The van der Waals surface area contributed by atoms with Crippen molar-refractivity contribution < 1.29 is 4.79 Å². The lowest BCUT2D eigenvalue weighted by atomic mass is 9.67. The molecule has 0 aromatic carbocycles. The van der Waals surface area contributed by atoms with E-state index in [0.717, 1.165) is 57.9 Å². The summed E-state index contributed by atoms with van der Waals surface area (Å²) in [6, 6.07) is 0. The fourth-order valence-electron chi connectivity index (χ4n) is 3.31. The summed E-state index contributed by atoms with van der Waals surface area (Å²) in [5, 5.41) is 6.73. The van der Waals surface area contributed by atoms with Crippen LogP contribution in [0.1, 0.15) is 58.8 Å². The van der Waals surface area contributed by atoms with Crippen LogP contribution < -0.4 is 10.6 Å². The second-order valence-electron chi connectivity index (χ2n) is 6.67. The molecule has 134 valence electrons. The van der Waals surface area contributed by atoms with E-state index < -0.39 is 0 Å². The number of aliphatic imine (C=N–C) groups is 1. The van der Waals surface area contributed by atoms with Crippen molar-refractivity contribution in [2.75, 3.05) is 32.7 Å². The zero-order valence-electron chi connectivity index (χ0n) is 14.7. The number of hydrogen-bond donors (Lipinski definition) is 2. The van der Waals surface area contributed by atoms with Gasteiger partial charge in [-0.2, -0.15) is 0 Å². The Hall–Kier alpha value is -0.530. The third kappa shape index (κ3) is 6.12. The van der Waals surface area contributed by atoms with Gasteiger partial charge in [0.2, 0.25) is 5.91 Å². The summed E-state index contributed by atoms with van der Waals surface area (Å²) in [6.45, 7) is 8.87. The topological polar surface area (TPSA) is 56.7 Å². The van der Waals surface area contributed by atoms with Gasteiger partial charge in [0.15, 0.2) is 5.96 Å². The molecule has 1 saturated carbocycles. The first-order valence-electron chi connectivity index (χ1n) is 8.99. The van der Waals surface area contributed by atoms with E-state index >= 15 is 0 Å². The molecule has 0 unspecified atom stereocenters. The number of halogens is 1. The smallest absolute Gasteiger partial charge is 0.222 e. The van der Waals surface area contributed by atoms with E-state index in [9.17, 15) is 4.79 Å². The first-order chi connectivity index (χ1) is 10.7. The summed E-state index contributed by atoms with van der Waals surface area (Å²) >= 11 is 0. The van der Waals surface area contributed by atoms with Gasteiger partial charge in [-0.05, 0) is 44.4 Å². The first kappa shape index (κ1) is 20.5. The second-order valence-corrected chi connectivity index (χ2v) is 6.67. The number of nitrogens with one attached hydrogen (secondary N) is 2. The van der Waals surface area contributed by atoms with Crippen LogP contribution in [0.5, 0.6) is 0 Å². The Bertz CT molecular complexity index is 391. The van der Waals surface area contributed by atoms with Gasteiger partial charge in [-0.25, -0.2) is 0 Å². The van der Waals surface area contributed by atoms with Crippen LogP contribution >= 0.6 is 24.0 Å². The molecule has 2 fully saturated rings. The molecule has 0 bridgehead atoms.